The molecular formula is C25H22N4O5. The van der Waals surface area contributed by atoms with Crippen LogP contribution >= 0.6 is 0 Å². The second kappa shape index (κ2) is 7.63. The Kier molecular flexibility index (Phi) is 4.83. The Morgan fingerprint density at radius 2 is 1.85 bits per heavy atom. The molecule has 9 nitrogen and oxygen atoms in total. The number of carbonyl (C=O) groups is 1. The normalized spacial score (nSPS) is 20.8. The number of para-hydroxylation sites is 1. The zero-order chi connectivity index (χ0) is 24.2. The summed E-state index contributed by atoms with van der Waals surface area (Å²) in [4.78, 5) is 26.8. The Morgan fingerprint density at radius 1 is 1.18 bits per heavy atom. The average Bonchev–Trinajstić information content (AvgIpc) is 3.25. The van der Waals surface area contributed by atoms with Crippen molar-refractivity contribution in [1.29, 1.82) is 5.26 Å². The lowest BCUT2D eigenvalue weighted by atomic mass is 9.68. The van der Waals surface area contributed by atoms with Crippen molar-refractivity contribution in [3.05, 3.63) is 80.8 Å². The molecule has 1 aliphatic carbocycles. The van der Waals surface area contributed by atoms with Gasteiger partial charge in [-0.3, -0.25) is 19.8 Å². The van der Waals surface area contributed by atoms with Gasteiger partial charge in [0.2, 0.25) is 6.79 Å². The summed E-state index contributed by atoms with van der Waals surface area (Å²) in [6.45, 7) is 3.93. The number of ether oxygens (including phenoxy) is 2. The predicted molar refractivity (Wildman–Crippen MR) is 123 cm³/mol. The topological polar surface area (TPSA) is 132 Å². The summed E-state index contributed by atoms with van der Waals surface area (Å²) in [6, 6.07) is 14.2. The van der Waals surface area contributed by atoms with E-state index in [1.54, 1.807) is 4.90 Å². The van der Waals surface area contributed by atoms with Gasteiger partial charge in [0, 0.05) is 28.9 Å². The Balaban J connectivity index is 1.82. The number of nitriles is 1. The van der Waals surface area contributed by atoms with Gasteiger partial charge in [-0.1, -0.05) is 32.0 Å². The molecule has 34 heavy (non-hydrogen) atoms. The van der Waals surface area contributed by atoms with E-state index >= 15 is 0 Å². The van der Waals surface area contributed by atoms with E-state index in [1.807, 2.05) is 44.2 Å². The third kappa shape index (κ3) is 3.27. The maximum Gasteiger partial charge on any atom is 0.277 e. The first-order valence-corrected chi connectivity index (χ1v) is 10.8. The Morgan fingerprint density at radius 3 is 2.50 bits per heavy atom. The highest BCUT2D eigenvalue weighted by Crippen LogP contribution is 2.53. The number of nitrogens with zero attached hydrogens (tertiary/aromatic N) is 3. The maximum absolute atomic E-state index is 13.6. The first kappa shape index (κ1) is 21.5. The fourth-order valence-corrected chi connectivity index (χ4v) is 5.03. The van der Waals surface area contributed by atoms with E-state index in [2.05, 4.69) is 6.07 Å². The van der Waals surface area contributed by atoms with Crippen LogP contribution in [0.5, 0.6) is 11.5 Å². The molecule has 0 saturated carbocycles. The highest BCUT2D eigenvalue weighted by atomic mass is 16.7. The SMILES string of the molecule is CC1(C)CC(=O)C2=C(C1)N(c1ccccc1)C(N)=C(C#N)C2c1cc2c(cc1[N+](=O)[O-])OCO2. The van der Waals surface area contributed by atoms with Crippen LogP contribution in [0.4, 0.5) is 11.4 Å². The summed E-state index contributed by atoms with van der Waals surface area (Å²) in [5.41, 5.74) is 7.97. The van der Waals surface area contributed by atoms with Gasteiger partial charge in [0.25, 0.3) is 5.69 Å². The minimum absolute atomic E-state index is 0.0630. The second-order valence-corrected chi connectivity index (χ2v) is 9.34. The van der Waals surface area contributed by atoms with Crippen molar-refractivity contribution in [2.45, 2.75) is 32.6 Å². The van der Waals surface area contributed by atoms with Crippen molar-refractivity contribution < 1.29 is 19.2 Å². The minimum atomic E-state index is -0.988. The number of benzene rings is 2. The van der Waals surface area contributed by atoms with Gasteiger partial charge in [-0.2, -0.15) is 5.26 Å². The molecule has 0 fully saturated rings. The van der Waals surface area contributed by atoms with E-state index in [4.69, 9.17) is 15.2 Å². The van der Waals surface area contributed by atoms with Crippen LogP contribution in [0.1, 0.15) is 38.2 Å². The van der Waals surface area contributed by atoms with Gasteiger partial charge in [-0.05, 0) is 30.0 Å². The Bertz CT molecular complexity index is 1340. The van der Waals surface area contributed by atoms with Crippen molar-refractivity contribution >= 4 is 17.2 Å². The van der Waals surface area contributed by atoms with Crippen molar-refractivity contribution in [1.82, 2.24) is 0 Å². The standard InChI is InChI=1S/C25H22N4O5/c1-25(2)10-18-23(19(30)11-25)22(15-8-20-21(34-13-33-20)9-17(15)29(31)32)16(12-26)24(27)28(18)14-6-4-3-5-7-14/h3-9,22H,10-11,13,27H2,1-2H3. The number of ketones is 1. The van der Waals surface area contributed by atoms with E-state index in [9.17, 15) is 20.2 Å². The first-order chi connectivity index (χ1) is 16.2. The number of hydrogen-bond donors (Lipinski definition) is 1. The van der Waals surface area contributed by atoms with E-state index in [-0.39, 0.29) is 52.8 Å². The van der Waals surface area contributed by atoms with Crippen LogP contribution in [0, 0.1) is 26.9 Å². The molecule has 1 atom stereocenters. The average molecular weight is 458 g/mol. The van der Waals surface area contributed by atoms with Crippen LogP contribution in [0.2, 0.25) is 0 Å². The molecule has 3 aliphatic rings. The summed E-state index contributed by atoms with van der Waals surface area (Å²) >= 11 is 0. The molecule has 2 aliphatic heterocycles. The zero-order valence-electron chi connectivity index (χ0n) is 18.7. The molecule has 0 saturated heterocycles. The van der Waals surface area contributed by atoms with Gasteiger partial charge in [0.15, 0.2) is 17.3 Å². The Labute approximate surface area is 195 Å². The van der Waals surface area contributed by atoms with Crippen molar-refractivity contribution in [2.75, 3.05) is 11.7 Å². The molecule has 9 heteroatoms. The smallest absolute Gasteiger partial charge is 0.277 e. The minimum Gasteiger partial charge on any atom is -0.454 e. The monoisotopic (exact) mass is 458 g/mol. The number of fused-ring (bicyclic) bond motifs is 1. The number of nitro benzene ring substituents is 1. The fraction of sp³-hybridized carbons (Fsp3) is 0.280. The molecule has 0 aromatic heterocycles. The number of nitro groups is 1. The van der Waals surface area contributed by atoms with E-state index in [1.165, 1.54) is 12.1 Å². The largest absolute Gasteiger partial charge is 0.454 e. The Hall–Kier alpha value is -4.32. The molecule has 5 rings (SSSR count). The second-order valence-electron chi connectivity index (χ2n) is 9.34. The molecule has 1 unspecified atom stereocenters. The maximum atomic E-state index is 13.6. The molecule has 2 heterocycles. The van der Waals surface area contributed by atoms with Crippen LogP contribution in [0.25, 0.3) is 0 Å². The lowest BCUT2D eigenvalue weighted by Gasteiger charge is -2.43. The summed E-state index contributed by atoms with van der Waals surface area (Å²) in [7, 11) is 0. The van der Waals surface area contributed by atoms with Gasteiger partial charge < -0.3 is 15.2 Å². The van der Waals surface area contributed by atoms with Gasteiger partial charge in [0.05, 0.1) is 28.5 Å². The van der Waals surface area contributed by atoms with Gasteiger partial charge in [-0.25, -0.2) is 0 Å². The molecule has 2 aromatic carbocycles. The predicted octanol–water partition coefficient (Wildman–Crippen LogP) is 4.26. The van der Waals surface area contributed by atoms with Gasteiger partial charge >= 0.3 is 0 Å². The highest BCUT2D eigenvalue weighted by molar-refractivity contribution is 6.02. The van der Waals surface area contributed by atoms with Crippen LogP contribution in [-0.4, -0.2) is 17.5 Å². The quantitative estimate of drug-likeness (QED) is 0.533. The molecule has 0 radical (unpaired) electrons. The van der Waals surface area contributed by atoms with E-state index in [0.717, 1.165) is 0 Å². The van der Waals surface area contributed by atoms with Crippen LogP contribution < -0.4 is 20.1 Å². The van der Waals surface area contributed by atoms with E-state index < -0.39 is 10.8 Å². The number of rotatable bonds is 3. The number of hydrogen-bond acceptors (Lipinski definition) is 8. The number of nitrogens with two attached hydrogens (primary N) is 1. The third-order valence-corrected chi connectivity index (χ3v) is 6.42. The highest BCUT2D eigenvalue weighted by Gasteiger charge is 2.46. The number of anilines is 1. The van der Waals surface area contributed by atoms with Crippen molar-refractivity contribution in [3.8, 4) is 17.6 Å². The molecule has 172 valence electrons. The molecule has 0 bridgehead atoms. The molecule has 2 N–H and O–H groups in total. The van der Waals surface area contributed by atoms with Crippen LogP contribution in [0.15, 0.2) is 65.1 Å². The summed E-state index contributed by atoms with van der Waals surface area (Å²) in [6.07, 6.45) is 0.763. The van der Waals surface area contributed by atoms with E-state index in [0.29, 0.717) is 29.1 Å². The van der Waals surface area contributed by atoms with Crippen LogP contribution in [-0.2, 0) is 4.79 Å². The summed E-state index contributed by atoms with van der Waals surface area (Å²) < 4.78 is 10.8. The molecule has 0 spiro atoms. The fourth-order valence-electron chi connectivity index (χ4n) is 5.03. The number of allylic oxidation sites excluding steroid dienone is 3. The molecule has 2 aromatic rings. The first-order valence-electron chi connectivity index (χ1n) is 10.8. The molecular weight excluding hydrogens is 436 g/mol. The number of Topliss-reactive ketones (excluding diaryl/α,β-unsaturated/α-hetero) is 1. The lowest BCUT2D eigenvalue weighted by Crippen LogP contribution is -2.42. The summed E-state index contributed by atoms with van der Waals surface area (Å²) in [5.74, 6) is -0.427. The molecule has 0 amide bonds. The summed E-state index contributed by atoms with van der Waals surface area (Å²) in [5, 5.41) is 22.2. The third-order valence-electron chi connectivity index (χ3n) is 6.42. The van der Waals surface area contributed by atoms with Gasteiger partial charge in [0.1, 0.15) is 5.82 Å². The van der Waals surface area contributed by atoms with Crippen LogP contribution in [0.3, 0.4) is 0 Å². The lowest BCUT2D eigenvalue weighted by molar-refractivity contribution is -0.385. The van der Waals surface area contributed by atoms with Gasteiger partial charge in [-0.15, -0.1) is 0 Å². The zero-order valence-corrected chi connectivity index (χ0v) is 18.7. The van der Waals surface area contributed by atoms with Crippen molar-refractivity contribution in [2.24, 2.45) is 11.1 Å². The number of carbonyl (C=O) groups excluding carboxylic acids is 1. The van der Waals surface area contributed by atoms with Crippen molar-refractivity contribution in [3.63, 3.8) is 0 Å².